The van der Waals surface area contributed by atoms with Crippen LogP contribution in [0, 0.1) is 5.92 Å². The average Bonchev–Trinajstić information content (AvgIpc) is 2.40. The number of hydrogen-bond acceptors (Lipinski definition) is 6. The van der Waals surface area contributed by atoms with Gasteiger partial charge in [0, 0.05) is 13.1 Å². The number of piperidine rings is 1. The summed E-state index contributed by atoms with van der Waals surface area (Å²) in [5, 5.41) is 3.32. The van der Waals surface area contributed by atoms with Crippen molar-refractivity contribution < 1.29 is 4.74 Å². The zero-order valence-electron chi connectivity index (χ0n) is 11.7. The van der Waals surface area contributed by atoms with Gasteiger partial charge in [-0.2, -0.15) is 4.98 Å². The molecule has 1 aliphatic rings. The minimum absolute atomic E-state index is 0.459. The molecule has 2 heterocycles. The van der Waals surface area contributed by atoms with E-state index in [1.165, 1.54) is 25.7 Å². The number of anilines is 2. The summed E-state index contributed by atoms with van der Waals surface area (Å²) >= 11 is 0. The highest BCUT2D eigenvalue weighted by Gasteiger charge is 2.17. The molecule has 0 bridgehead atoms. The summed E-state index contributed by atoms with van der Waals surface area (Å²) in [6.07, 6.45) is 3.99. The molecule has 0 radical (unpaired) electrons. The molecule has 106 valence electrons. The maximum absolute atomic E-state index is 5.99. The summed E-state index contributed by atoms with van der Waals surface area (Å²) in [7, 11) is 2.17. The smallest absolute Gasteiger partial charge is 0.242 e. The van der Waals surface area contributed by atoms with E-state index in [1.54, 1.807) is 0 Å². The van der Waals surface area contributed by atoms with Gasteiger partial charge in [0.25, 0.3) is 0 Å². The Morgan fingerprint density at radius 2 is 2.37 bits per heavy atom. The Morgan fingerprint density at radius 3 is 3.11 bits per heavy atom. The lowest BCUT2D eigenvalue weighted by Crippen LogP contribution is -2.35. The zero-order valence-corrected chi connectivity index (χ0v) is 11.7. The molecule has 1 saturated heterocycles. The molecule has 1 aromatic rings. The van der Waals surface area contributed by atoms with Crippen LogP contribution in [0.1, 0.15) is 19.8 Å². The molecule has 1 aromatic heterocycles. The Hall–Kier alpha value is -1.56. The fourth-order valence-electron chi connectivity index (χ4n) is 2.45. The van der Waals surface area contributed by atoms with Crippen LogP contribution in [-0.2, 0) is 0 Å². The van der Waals surface area contributed by atoms with Crippen molar-refractivity contribution >= 4 is 11.5 Å². The van der Waals surface area contributed by atoms with Gasteiger partial charge in [0.05, 0.1) is 6.61 Å². The minimum atomic E-state index is 0.459. The van der Waals surface area contributed by atoms with E-state index in [4.69, 9.17) is 10.5 Å². The largest absolute Gasteiger partial charge is 0.476 e. The van der Waals surface area contributed by atoms with E-state index in [2.05, 4.69) is 27.2 Å². The van der Waals surface area contributed by atoms with E-state index < -0.39 is 0 Å². The third kappa shape index (κ3) is 3.70. The number of likely N-dealkylation sites (tertiary alicyclic amines) is 1. The molecule has 1 fully saturated rings. The van der Waals surface area contributed by atoms with Crippen molar-refractivity contribution in [2.75, 3.05) is 44.3 Å². The van der Waals surface area contributed by atoms with Crippen LogP contribution in [0.4, 0.5) is 11.5 Å². The van der Waals surface area contributed by atoms with Gasteiger partial charge in [-0.05, 0) is 39.3 Å². The van der Waals surface area contributed by atoms with Gasteiger partial charge in [0.1, 0.15) is 12.0 Å². The highest BCUT2D eigenvalue weighted by molar-refractivity contribution is 5.66. The van der Waals surface area contributed by atoms with Crippen LogP contribution in [0.15, 0.2) is 6.33 Å². The van der Waals surface area contributed by atoms with Gasteiger partial charge in [0.15, 0.2) is 5.82 Å². The van der Waals surface area contributed by atoms with Crippen molar-refractivity contribution in [3.05, 3.63) is 6.33 Å². The molecule has 0 spiro atoms. The van der Waals surface area contributed by atoms with Crippen LogP contribution >= 0.6 is 0 Å². The van der Waals surface area contributed by atoms with Gasteiger partial charge in [-0.15, -0.1) is 0 Å². The van der Waals surface area contributed by atoms with E-state index in [0.717, 1.165) is 13.1 Å². The molecule has 0 saturated carbocycles. The first-order chi connectivity index (χ1) is 9.20. The van der Waals surface area contributed by atoms with Crippen molar-refractivity contribution in [3.63, 3.8) is 0 Å². The second-order valence-corrected chi connectivity index (χ2v) is 5.03. The van der Waals surface area contributed by atoms with Crippen molar-refractivity contribution in [2.45, 2.75) is 19.8 Å². The normalized spacial score (nSPS) is 20.2. The molecule has 0 aliphatic carbocycles. The molecular formula is C13H23N5O. The molecule has 6 nitrogen and oxygen atoms in total. The monoisotopic (exact) mass is 265 g/mol. The minimum Gasteiger partial charge on any atom is -0.476 e. The van der Waals surface area contributed by atoms with E-state index in [0.29, 0.717) is 29.9 Å². The highest BCUT2D eigenvalue weighted by Crippen LogP contribution is 2.25. The first-order valence-electron chi connectivity index (χ1n) is 6.86. The Kier molecular flexibility index (Phi) is 4.79. The second kappa shape index (κ2) is 6.56. The fraction of sp³-hybridized carbons (Fsp3) is 0.692. The van der Waals surface area contributed by atoms with Crippen LogP contribution in [0.5, 0.6) is 5.88 Å². The topological polar surface area (TPSA) is 76.3 Å². The van der Waals surface area contributed by atoms with Gasteiger partial charge in [-0.25, -0.2) is 4.98 Å². The molecule has 19 heavy (non-hydrogen) atoms. The standard InChI is InChI=1S/C13H23N5O/c1-3-19-13-11(14)12(16-9-17-13)15-7-10-5-4-6-18(2)8-10/h9-10H,3-8,14H2,1-2H3,(H,15,16,17). The maximum atomic E-state index is 5.99. The van der Waals surface area contributed by atoms with Crippen molar-refractivity contribution in [2.24, 2.45) is 5.92 Å². The Balaban J connectivity index is 1.93. The molecular weight excluding hydrogens is 242 g/mol. The van der Waals surface area contributed by atoms with Gasteiger partial charge in [0.2, 0.25) is 5.88 Å². The number of nitrogen functional groups attached to an aromatic ring is 1. The molecule has 1 atom stereocenters. The first-order valence-corrected chi connectivity index (χ1v) is 6.86. The van der Waals surface area contributed by atoms with Gasteiger partial charge >= 0.3 is 0 Å². The summed E-state index contributed by atoms with van der Waals surface area (Å²) in [6.45, 7) is 5.66. The van der Waals surface area contributed by atoms with E-state index in [1.807, 2.05) is 6.92 Å². The van der Waals surface area contributed by atoms with E-state index in [9.17, 15) is 0 Å². The number of ether oxygens (including phenoxy) is 1. The van der Waals surface area contributed by atoms with Crippen molar-refractivity contribution in [1.29, 1.82) is 0 Å². The zero-order chi connectivity index (χ0) is 13.7. The second-order valence-electron chi connectivity index (χ2n) is 5.03. The van der Waals surface area contributed by atoms with Crippen LogP contribution < -0.4 is 15.8 Å². The van der Waals surface area contributed by atoms with E-state index >= 15 is 0 Å². The molecule has 3 N–H and O–H groups in total. The van der Waals surface area contributed by atoms with Crippen LogP contribution in [0.3, 0.4) is 0 Å². The van der Waals surface area contributed by atoms with Crippen LogP contribution in [-0.4, -0.2) is 48.2 Å². The third-order valence-electron chi connectivity index (χ3n) is 3.41. The average molecular weight is 265 g/mol. The summed E-state index contributed by atoms with van der Waals surface area (Å²) in [5.74, 6) is 1.77. The lowest BCUT2D eigenvalue weighted by Gasteiger charge is -2.29. The van der Waals surface area contributed by atoms with E-state index in [-0.39, 0.29) is 0 Å². The SMILES string of the molecule is CCOc1ncnc(NCC2CCCN(C)C2)c1N. The first kappa shape index (κ1) is 13.9. The lowest BCUT2D eigenvalue weighted by molar-refractivity contribution is 0.217. The number of nitrogens with zero attached hydrogens (tertiary/aromatic N) is 3. The van der Waals surface area contributed by atoms with Crippen LogP contribution in [0.25, 0.3) is 0 Å². The van der Waals surface area contributed by atoms with Gasteiger partial charge < -0.3 is 20.7 Å². The number of nitrogens with one attached hydrogen (secondary N) is 1. The molecule has 0 aromatic carbocycles. The number of hydrogen-bond donors (Lipinski definition) is 2. The third-order valence-corrected chi connectivity index (χ3v) is 3.41. The van der Waals surface area contributed by atoms with Crippen LogP contribution in [0.2, 0.25) is 0 Å². The van der Waals surface area contributed by atoms with Gasteiger partial charge in [-0.3, -0.25) is 0 Å². The number of rotatable bonds is 5. The number of nitrogens with two attached hydrogens (primary N) is 1. The Bertz CT molecular complexity index is 412. The quantitative estimate of drug-likeness (QED) is 0.833. The summed E-state index contributed by atoms with van der Waals surface area (Å²) in [5.41, 5.74) is 6.48. The highest BCUT2D eigenvalue weighted by atomic mass is 16.5. The summed E-state index contributed by atoms with van der Waals surface area (Å²) in [6, 6.07) is 0. The number of aromatic nitrogens is 2. The Morgan fingerprint density at radius 1 is 1.53 bits per heavy atom. The Labute approximate surface area is 114 Å². The molecule has 1 unspecified atom stereocenters. The lowest BCUT2D eigenvalue weighted by atomic mass is 9.98. The predicted molar refractivity (Wildman–Crippen MR) is 76.3 cm³/mol. The fourth-order valence-corrected chi connectivity index (χ4v) is 2.45. The molecule has 1 aliphatic heterocycles. The van der Waals surface area contributed by atoms with Crippen molar-refractivity contribution in [3.8, 4) is 5.88 Å². The molecule has 6 heteroatoms. The van der Waals surface area contributed by atoms with Gasteiger partial charge in [-0.1, -0.05) is 0 Å². The molecule has 0 amide bonds. The summed E-state index contributed by atoms with van der Waals surface area (Å²) < 4.78 is 5.36. The predicted octanol–water partition coefficient (Wildman–Crippen LogP) is 1.21. The molecule has 2 rings (SSSR count). The van der Waals surface area contributed by atoms with Crippen molar-refractivity contribution in [1.82, 2.24) is 14.9 Å². The summed E-state index contributed by atoms with van der Waals surface area (Å²) in [4.78, 5) is 10.6. The maximum Gasteiger partial charge on any atom is 0.242 e.